The Kier molecular flexibility index (Phi) is 11.3. The van der Waals surface area contributed by atoms with Crippen molar-refractivity contribution in [1.29, 1.82) is 0 Å². The number of hydrogen-bond acceptors (Lipinski definition) is 8. The zero-order valence-electron chi connectivity index (χ0n) is 20.4. The van der Waals surface area contributed by atoms with Crippen molar-refractivity contribution in [2.45, 2.75) is 38.2 Å². The van der Waals surface area contributed by atoms with Gasteiger partial charge in [0.2, 0.25) is 0 Å². The van der Waals surface area contributed by atoms with Gasteiger partial charge >= 0.3 is 16.3 Å². The topological polar surface area (TPSA) is 124 Å². The van der Waals surface area contributed by atoms with E-state index in [1.807, 2.05) is 29.6 Å². The van der Waals surface area contributed by atoms with Crippen molar-refractivity contribution in [2.24, 2.45) is 0 Å². The first-order valence-electron chi connectivity index (χ1n) is 11.9. The Balaban J connectivity index is 1.59. The highest BCUT2D eigenvalue weighted by atomic mass is 32.2. The summed E-state index contributed by atoms with van der Waals surface area (Å²) in [5.41, 5.74) is 0.834. The molecule has 0 aliphatic carbocycles. The van der Waals surface area contributed by atoms with Crippen LogP contribution in [-0.4, -0.2) is 76.7 Å². The lowest BCUT2D eigenvalue weighted by Crippen LogP contribution is -2.44. The molecule has 1 fully saturated rings. The van der Waals surface area contributed by atoms with Crippen molar-refractivity contribution >= 4 is 27.6 Å². The van der Waals surface area contributed by atoms with Crippen LogP contribution >= 0.6 is 11.3 Å². The van der Waals surface area contributed by atoms with Crippen molar-refractivity contribution in [1.82, 2.24) is 9.03 Å². The van der Waals surface area contributed by atoms with Crippen LogP contribution in [0.25, 0.3) is 0 Å². The van der Waals surface area contributed by atoms with Gasteiger partial charge < -0.3 is 24.1 Å². The maximum Gasteiger partial charge on any atom is 0.422 e. The molecule has 1 saturated heterocycles. The summed E-state index contributed by atoms with van der Waals surface area (Å²) in [6.45, 7) is 1.92. The number of nitrogens with zero attached hydrogens (tertiary/aromatic N) is 1. The predicted molar refractivity (Wildman–Crippen MR) is 136 cm³/mol. The average molecular weight is 543 g/mol. The molecule has 1 atom stereocenters. The highest BCUT2D eigenvalue weighted by Crippen LogP contribution is 2.27. The van der Waals surface area contributed by atoms with Gasteiger partial charge in [-0.1, -0.05) is 12.1 Å². The van der Waals surface area contributed by atoms with Crippen molar-refractivity contribution in [3.05, 3.63) is 46.2 Å². The zero-order valence-corrected chi connectivity index (χ0v) is 22.0. The first kappa shape index (κ1) is 28.2. The van der Waals surface area contributed by atoms with E-state index >= 15 is 0 Å². The Bertz CT molecular complexity index is 1040. The molecule has 0 saturated carbocycles. The van der Waals surface area contributed by atoms with E-state index in [4.69, 9.17) is 18.9 Å². The molecular weight excluding hydrogens is 508 g/mol. The molecule has 2 aromatic rings. The number of hydrogen-bond donors (Lipinski definition) is 2. The van der Waals surface area contributed by atoms with Gasteiger partial charge in [0.1, 0.15) is 24.7 Å². The second kappa shape index (κ2) is 14.4. The second-order valence-corrected chi connectivity index (χ2v) is 11.0. The molecule has 1 aliphatic rings. The minimum absolute atomic E-state index is 0.0313. The monoisotopic (exact) mass is 542 g/mol. The lowest BCUT2D eigenvalue weighted by molar-refractivity contribution is 0.0674. The van der Waals surface area contributed by atoms with Crippen LogP contribution in [0.2, 0.25) is 0 Å². The molecule has 0 radical (unpaired) electrons. The Morgan fingerprint density at radius 2 is 2.11 bits per heavy atom. The van der Waals surface area contributed by atoms with E-state index in [-0.39, 0.29) is 25.6 Å². The summed E-state index contributed by atoms with van der Waals surface area (Å²) in [5, 5.41) is 11.4. The number of rotatable bonds is 16. The molecule has 1 aromatic heterocycles. The fourth-order valence-corrected chi connectivity index (χ4v) is 5.53. The minimum Gasteiger partial charge on any atom is -0.491 e. The van der Waals surface area contributed by atoms with Crippen molar-refractivity contribution in [3.8, 4) is 11.5 Å². The summed E-state index contributed by atoms with van der Waals surface area (Å²) in [4.78, 5) is 12.7. The number of thiophene rings is 1. The third kappa shape index (κ3) is 8.93. The predicted octanol–water partition coefficient (Wildman–Crippen LogP) is 3.32. The first-order valence-corrected chi connectivity index (χ1v) is 14.2. The van der Waals surface area contributed by atoms with Gasteiger partial charge in [0, 0.05) is 37.7 Å². The van der Waals surface area contributed by atoms with Crippen LogP contribution in [0.15, 0.2) is 35.7 Å². The van der Waals surface area contributed by atoms with Crippen molar-refractivity contribution < 1.29 is 37.3 Å². The summed E-state index contributed by atoms with van der Waals surface area (Å²) in [6, 6.07) is 9.24. The number of benzene rings is 1. The molecule has 3 rings (SSSR count). The van der Waals surface area contributed by atoms with Gasteiger partial charge in [-0.2, -0.15) is 17.4 Å². The summed E-state index contributed by atoms with van der Waals surface area (Å²) < 4.78 is 50.4. The first-order chi connectivity index (χ1) is 17.4. The minimum atomic E-state index is -4.17. The zero-order chi connectivity index (χ0) is 25.8. The molecule has 2 heterocycles. The molecule has 0 spiro atoms. The highest BCUT2D eigenvalue weighted by molar-refractivity contribution is 7.87. The van der Waals surface area contributed by atoms with Crippen LogP contribution in [0.3, 0.4) is 0 Å². The quantitative estimate of drug-likeness (QED) is 0.310. The average Bonchev–Trinajstić information content (AvgIpc) is 3.55. The third-order valence-corrected chi connectivity index (χ3v) is 8.01. The summed E-state index contributed by atoms with van der Waals surface area (Å²) in [7, 11) is -2.57. The smallest absolute Gasteiger partial charge is 0.422 e. The highest BCUT2D eigenvalue weighted by Gasteiger charge is 2.26. The van der Waals surface area contributed by atoms with Gasteiger partial charge in [0.25, 0.3) is 0 Å². The van der Waals surface area contributed by atoms with Gasteiger partial charge in [-0.3, -0.25) is 0 Å². The van der Waals surface area contributed by atoms with E-state index < -0.39 is 16.3 Å². The lowest BCUT2D eigenvalue weighted by Gasteiger charge is -2.20. The van der Waals surface area contributed by atoms with Gasteiger partial charge in [-0.05, 0) is 55.2 Å². The molecular formula is C24H34N2O8S2. The van der Waals surface area contributed by atoms with Gasteiger partial charge in [-0.15, -0.1) is 11.3 Å². The molecule has 2 N–H and O–H groups in total. The Morgan fingerprint density at radius 1 is 1.25 bits per heavy atom. The number of ether oxygens (including phenoxy) is 4. The molecule has 1 amide bonds. The normalized spacial score (nSPS) is 15.6. The maximum atomic E-state index is 12.6. The Hall–Kier alpha value is -2.38. The van der Waals surface area contributed by atoms with Gasteiger partial charge in [0.05, 0.1) is 12.7 Å². The van der Waals surface area contributed by atoms with Gasteiger partial charge in [-0.25, -0.2) is 4.79 Å². The molecule has 1 unspecified atom stereocenters. The molecule has 10 nitrogen and oxygen atoms in total. The number of nitrogens with one attached hydrogen (secondary N) is 1. The summed E-state index contributed by atoms with van der Waals surface area (Å²) >= 11 is 1.52. The van der Waals surface area contributed by atoms with E-state index in [1.165, 1.54) is 11.3 Å². The van der Waals surface area contributed by atoms with Crippen LogP contribution in [0.1, 0.15) is 29.7 Å². The van der Waals surface area contributed by atoms with Crippen LogP contribution in [0.4, 0.5) is 4.79 Å². The fourth-order valence-electron chi connectivity index (χ4n) is 3.73. The van der Waals surface area contributed by atoms with E-state index in [9.17, 15) is 18.3 Å². The molecule has 0 bridgehead atoms. The number of methoxy groups -OCH3 is 1. The number of amides is 1. The van der Waals surface area contributed by atoms with Crippen molar-refractivity contribution in [3.63, 3.8) is 0 Å². The molecule has 200 valence electrons. The summed E-state index contributed by atoms with van der Waals surface area (Å²) in [6.07, 6.45) is 1.66. The van der Waals surface area contributed by atoms with Crippen LogP contribution in [0, 0.1) is 0 Å². The fraction of sp³-hybridized carbons (Fsp3) is 0.542. The van der Waals surface area contributed by atoms with E-state index in [2.05, 4.69) is 4.72 Å². The molecule has 12 heteroatoms. The van der Waals surface area contributed by atoms with Crippen LogP contribution in [-0.2, 0) is 32.5 Å². The van der Waals surface area contributed by atoms with E-state index in [0.29, 0.717) is 48.5 Å². The molecule has 36 heavy (non-hydrogen) atoms. The van der Waals surface area contributed by atoms with E-state index in [0.717, 1.165) is 29.9 Å². The lowest BCUT2D eigenvalue weighted by atomic mass is 10.1. The van der Waals surface area contributed by atoms with Crippen LogP contribution in [0.5, 0.6) is 11.5 Å². The van der Waals surface area contributed by atoms with Crippen molar-refractivity contribution in [2.75, 3.05) is 46.6 Å². The maximum absolute atomic E-state index is 12.6. The standard InChI is InChI=1S/C24H34N2O8S2/c1-31-14-15-33-20-9-8-19(23(17-20)34-18-21-6-3-13-32-21)5-2-12-26(24(27)28)36(29,30)25-11-10-22-7-4-16-35-22/h4,7-9,16-17,21,25H,2-3,5-6,10-15,18H2,1H3,(H,27,28). The molecule has 1 aromatic carbocycles. The van der Waals surface area contributed by atoms with Gasteiger partial charge in [0.15, 0.2) is 0 Å². The van der Waals surface area contributed by atoms with Crippen LogP contribution < -0.4 is 14.2 Å². The summed E-state index contributed by atoms with van der Waals surface area (Å²) in [5.74, 6) is 1.24. The largest absolute Gasteiger partial charge is 0.491 e. The number of aryl methyl sites for hydroxylation is 1. The third-order valence-electron chi connectivity index (χ3n) is 5.59. The Labute approximate surface area is 216 Å². The molecule has 1 aliphatic heterocycles. The van der Waals surface area contributed by atoms with E-state index in [1.54, 1.807) is 13.2 Å². The number of carbonyl (C=O) groups is 1. The second-order valence-electron chi connectivity index (χ2n) is 8.24. The number of carboxylic acid groups (broad SMARTS) is 1. The SMILES string of the molecule is COCCOc1ccc(CCCN(C(=O)O)S(=O)(=O)NCCc2cccs2)c(OCC2CCCO2)c1. The Morgan fingerprint density at radius 3 is 2.81 bits per heavy atom.